The number of nitrogens with one attached hydrogen (secondary N) is 8. The van der Waals surface area contributed by atoms with Gasteiger partial charge in [-0.1, -0.05) is 36.4 Å². The van der Waals surface area contributed by atoms with Crippen molar-refractivity contribution >= 4 is 42.3 Å². The summed E-state index contributed by atoms with van der Waals surface area (Å²) in [7, 11) is 2.75. The number of allylic oxidation sites excluding steroid dienone is 7. The zero-order valence-electron chi connectivity index (χ0n) is 34.7. The maximum absolute atomic E-state index is 12.0. The average molecular weight is 851 g/mol. The number of carbonyl (C=O) groups excluding carboxylic acids is 5. The number of aromatic nitrogens is 2. The normalized spacial score (nSPS) is 13.4. The van der Waals surface area contributed by atoms with E-state index in [0.717, 1.165) is 17.0 Å². The third-order valence-corrected chi connectivity index (χ3v) is 7.80. The Labute approximate surface area is 355 Å². The number of benzene rings is 2. The molecule has 0 spiro atoms. The summed E-state index contributed by atoms with van der Waals surface area (Å²) in [5.74, 6) is 1.38. The Kier molecular flexibility index (Phi) is 16.9. The van der Waals surface area contributed by atoms with Gasteiger partial charge in [0, 0.05) is 66.2 Å². The summed E-state index contributed by atoms with van der Waals surface area (Å²) in [4.78, 5) is 79.5. The van der Waals surface area contributed by atoms with Crippen LogP contribution < -0.4 is 57.0 Å². The molecule has 1 aromatic heterocycles. The molecule has 20 nitrogen and oxygen atoms in total. The van der Waals surface area contributed by atoms with Gasteiger partial charge >= 0.3 is 30.4 Å². The fraction of sp³-hybridized carbons (Fsp3) is 0.190. The lowest BCUT2D eigenvalue weighted by Crippen LogP contribution is -2.45. The lowest BCUT2D eigenvalue weighted by atomic mass is 10.2. The number of rotatable bonds is 7. The van der Waals surface area contributed by atoms with E-state index in [-0.39, 0.29) is 29.0 Å². The number of aromatic amines is 1. The van der Waals surface area contributed by atoms with Crippen molar-refractivity contribution in [3.05, 3.63) is 147 Å². The van der Waals surface area contributed by atoms with Gasteiger partial charge in [0.25, 0.3) is 5.56 Å². The largest absolute Gasteiger partial charge is 0.513 e. The number of hydrogen-bond acceptors (Lipinski definition) is 13. The number of methoxy groups -OCH3 is 1. The second kappa shape index (κ2) is 22.7. The number of aliphatic imine (C=N–C) groups is 1. The Bertz CT molecular complexity index is 2460. The van der Waals surface area contributed by atoms with Crippen molar-refractivity contribution in [2.24, 2.45) is 4.99 Å². The maximum Gasteiger partial charge on any atom is 0.513 e. The van der Waals surface area contributed by atoms with Crippen LogP contribution in [0.5, 0.6) is 17.2 Å². The molecule has 0 unspecified atom stereocenters. The molecule has 3 aromatic rings. The third-order valence-electron chi connectivity index (χ3n) is 7.80. The highest BCUT2D eigenvalue weighted by Gasteiger charge is 2.16. The second-order valence-corrected chi connectivity index (χ2v) is 13.2. The van der Waals surface area contributed by atoms with Crippen molar-refractivity contribution in [3.8, 4) is 17.2 Å². The van der Waals surface area contributed by atoms with Crippen LogP contribution in [0.1, 0.15) is 37.9 Å². The highest BCUT2D eigenvalue weighted by molar-refractivity contribution is 5.98. The summed E-state index contributed by atoms with van der Waals surface area (Å²) in [6, 6.07) is 13.7. The van der Waals surface area contributed by atoms with Gasteiger partial charge in [-0.15, -0.1) is 0 Å². The molecule has 8 N–H and O–H groups in total. The van der Waals surface area contributed by atoms with Crippen molar-refractivity contribution < 1.29 is 42.9 Å². The van der Waals surface area contributed by atoms with Crippen molar-refractivity contribution in [1.82, 2.24) is 41.9 Å². The van der Waals surface area contributed by atoms with E-state index in [4.69, 9.17) is 14.2 Å². The molecule has 324 valence electrons. The topological polar surface area (TPSA) is 265 Å². The number of carbonyl (C=O) groups is 5. The smallest absolute Gasteiger partial charge is 0.437 e. The van der Waals surface area contributed by atoms with Gasteiger partial charge in [-0.2, -0.15) is 0 Å². The van der Waals surface area contributed by atoms with Gasteiger partial charge in [-0.05, 0) is 81.8 Å². The Morgan fingerprint density at radius 3 is 1.89 bits per heavy atom. The van der Waals surface area contributed by atoms with Crippen molar-refractivity contribution in [2.45, 2.75) is 40.5 Å². The van der Waals surface area contributed by atoms with Crippen LogP contribution in [0, 0.1) is 13.8 Å². The van der Waals surface area contributed by atoms with Crippen LogP contribution in [0.25, 0.3) is 0 Å². The quantitative estimate of drug-likeness (QED) is 0.102. The molecule has 0 fully saturated rings. The molecule has 62 heavy (non-hydrogen) atoms. The van der Waals surface area contributed by atoms with E-state index >= 15 is 0 Å². The van der Waals surface area contributed by atoms with Gasteiger partial charge in [-0.3, -0.25) is 31.0 Å². The summed E-state index contributed by atoms with van der Waals surface area (Å²) in [5.41, 5.74) is 5.71. The monoisotopic (exact) mass is 850 g/mol. The summed E-state index contributed by atoms with van der Waals surface area (Å²) in [6.07, 6.45) is 7.83. The van der Waals surface area contributed by atoms with Crippen LogP contribution >= 0.6 is 0 Å². The number of anilines is 1. The number of hydrogen-bond donors (Lipinski definition) is 8. The third kappa shape index (κ3) is 16.4. The molecule has 0 saturated carbocycles. The summed E-state index contributed by atoms with van der Waals surface area (Å²) in [6.45, 7) is 11.1. The average Bonchev–Trinajstić information content (AvgIpc) is 3.81. The molecule has 6 rings (SSSR count). The molecular weight excluding hydrogens is 805 g/mol. The lowest BCUT2D eigenvalue weighted by Gasteiger charge is -2.15. The number of urea groups is 2. The molecule has 0 bridgehead atoms. The van der Waals surface area contributed by atoms with Crippen molar-refractivity contribution in [3.63, 3.8) is 0 Å². The molecule has 2 aliphatic carbocycles. The van der Waals surface area contributed by atoms with E-state index in [1.807, 2.05) is 39.0 Å². The summed E-state index contributed by atoms with van der Waals surface area (Å²) >= 11 is 0. The zero-order valence-corrected chi connectivity index (χ0v) is 34.7. The van der Waals surface area contributed by atoms with E-state index in [2.05, 4.69) is 63.5 Å². The summed E-state index contributed by atoms with van der Waals surface area (Å²) in [5, 5.41) is 18.1. The first-order valence-corrected chi connectivity index (χ1v) is 18.6. The fourth-order valence-electron chi connectivity index (χ4n) is 5.22. The fourth-order valence-corrected chi connectivity index (χ4v) is 5.22. The first-order valence-electron chi connectivity index (χ1n) is 18.6. The predicted molar refractivity (Wildman–Crippen MR) is 229 cm³/mol. The van der Waals surface area contributed by atoms with Gasteiger partial charge in [-0.25, -0.2) is 33.9 Å². The van der Waals surface area contributed by atoms with Crippen molar-refractivity contribution in [1.29, 1.82) is 0 Å². The number of guanidine groups is 1. The molecule has 0 atom stereocenters. The van der Waals surface area contributed by atoms with Crippen LogP contribution in [0.3, 0.4) is 0 Å². The molecule has 6 amide bonds. The van der Waals surface area contributed by atoms with E-state index in [0.29, 0.717) is 47.3 Å². The Balaban J connectivity index is 0.000000219. The molecule has 0 saturated heterocycles. The SMILES string of the molecule is C=C1C=C(C)N=C(NC(=O)NC)N1.COC(=O)Oc1cccc(OC(=O)NC2=CC=C(C)C2)c1.Cc1cccc(OC(=O)NC2=CC=C(NC(=O)Nc3nc(C)cc(=O)[nH]3)C2)c1. The van der Waals surface area contributed by atoms with E-state index in [9.17, 15) is 28.8 Å². The van der Waals surface area contributed by atoms with Crippen LogP contribution in [0.2, 0.25) is 0 Å². The Morgan fingerprint density at radius 1 is 0.710 bits per heavy atom. The Morgan fingerprint density at radius 2 is 1.31 bits per heavy atom. The van der Waals surface area contributed by atoms with Gasteiger partial charge in [0.15, 0.2) is 0 Å². The number of nitrogens with zero attached hydrogens (tertiary/aromatic N) is 2. The van der Waals surface area contributed by atoms with E-state index < -0.39 is 24.4 Å². The number of amides is 6. The van der Waals surface area contributed by atoms with Gasteiger partial charge in [0.1, 0.15) is 17.2 Å². The molecule has 1 aliphatic heterocycles. The number of aryl methyl sites for hydroxylation is 2. The molecule has 2 aromatic carbocycles. The van der Waals surface area contributed by atoms with Crippen LogP contribution in [0.15, 0.2) is 135 Å². The lowest BCUT2D eigenvalue weighted by molar-refractivity contribution is 0.121. The molecular formula is C42H46N10O10. The first kappa shape index (κ1) is 46.3. The summed E-state index contributed by atoms with van der Waals surface area (Å²) < 4.78 is 19.6. The maximum atomic E-state index is 12.0. The molecule has 20 heteroatoms. The molecule has 3 aliphatic rings. The number of ether oxygens (including phenoxy) is 4. The standard InChI is InChI=1S/C19H19N5O4.C15H15NO5.C8H12N4O/c1-11-4-3-5-15(8-11)28-19(27)22-14-7-6-13(10-14)21-18(26)24-17-20-12(2)9-16(25)23-17;1-10-6-7-11(8-10)16-14(17)20-12-4-3-5-13(9-12)21-15(18)19-2;1-5-4-6(2)11-7(10-5)12-8(13)9-3/h3-9H,10H2,1-2H3,(H,22,27)(H3,20,21,23,24,25,26);3-7,9H,8H2,1-2H3,(H,16,17);4H,1H2,2-3H3,(H3,9,10,11,12,13). The molecule has 0 radical (unpaired) electrons. The minimum atomic E-state index is -0.839. The minimum Gasteiger partial charge on any atom is -0.437 e. The highest BCUT2D eigenvalue weighted by atomic mass is 16.7. The highest BCUT2D eigenvalue weighted by Crippen LogP contribution is 2.21. The first-order chi connectivity index (χ1) is 29.5. The van der Waals surface area contributed by atoms with Crippen LogP contribution in [0.4, 0.5) is 29.9 Å². The van der Waals surface area contributed by atoms with Crippen LogP contribution in [-0.4, -0.2) is 60.5 Å². The predicted octanol–water partition coefficient (Wildman–Crippen LogP) is 5.91. The minimum absolute atomic E-state index is 0.0501. The van der Waals surface area contributed by atoms with Gasteiger partial charge in [0.05, 0.1) is 7.11 Å². The van der Waals surface area contributed by atoms with Gasteiger partial charge in [0.2, 0.25) is 11.9 Å². The number of H-pyrrole nitrogens is 1. The second-order valence-electron chi connectivity index (χ2n) is 13.2. The molecule has 2 heterocycles. The van der Waals surface area contributed by atoms with Crippen molar-refractivity contribution in [2.75, 3.05) is 19.5 Å². The van der Waals surface area contributed by atoms with E-state index in [1.54, 1.807) is 61.5 Å². The van der Waals surface area contributed by atoms with Crippen LogP contribution in [-0.2, 0) is 4.74 Å². The Hall–Kier alpha value is -8.42. The van der Waals surface area contributed by atoms with Gasteiger partial charge < -0.3 is 34.9 Å². The van der Waals surface area contributed by atoms with E-state index in [1.165, 1.54) is 31.9 Å². The zero-order chi connectivity index (χ0) is 45.2.